The van der Waals surface area contributed by atoms with E-state index in [0.717, 1.165) is 0 Å². The van der Waals surface area contributed by atoms with Crippen molar-refractivity contribution >= 4 is 15.7 Å². The quantitative estimate of drug-likeness (QED) is 0.352. The molecule has 102 valence electrons. The zero-order chi connectivity index (χ0) is 13.4. The van der Waals surface area contributed by atoms with Crippen molar-refractivity contribution in [2.24, 2.45) is 5.84 Å². The number of pyridine rings is 1. The highest BCUT2D eigenvalue weighted by Gasteiger charge is 2.17. The number of nitrogens with zero attached hydrogens (tertiary/aromatic N) is 1. The van der Waals surface area contributed by atoms with Gasteiger partial charge in [-0.2, -0.15) is 0 Å². The van der Waals surface area contributed by atoms with E-state index in [2.05, 4.69) is 15.1 Å². The van der Waals surface area contributed by atoms with Crippen LogP contribution in [-0.4, -0.2) is 33.2 Å². The number of ether oxygens (including phenoxy) is 1. The second-order valence-corrected chi connectivity index (χ2v) is 5.20. The number of hydrazine groups is 1. The summed E-state index contributed by atoms with van der Waals surface area (Å²) in [6.45, 7) is 3.34. The van der Waals surface area contributed by atoms with E-state index >= 15 is 0 Å². The Morgan fingerprint density at radius 3 is 2.94 bits per heavy atom. The Hall–Kier alpha value is -1.22. The molecule has 0 aliphatic heterocycles. The standard InChI is InChI=1S/C10H18N4O3S/c1-2-17-7-3-5-13-18(15,16)10-8-12-6-4-9(10)14-11/h4,6,8,13H,2-3,5,7,11H2,1H3,(H,12,14). The zero-order valence-electron chi connectivity index (χ0n) is 10.2. The van der Waals surface area contributed by atoms with Crippen LogP contribution in [0, 0.1) is 0 Å². The van der Waals surface area contributed by atoms with Crippen LogP contribution in [0.1, 0.15) is 13.3 Å². The lowest BCUT2D eigenvalue weighted by Gasteiger charge is -2.10. The molecule has 0 spiro atoms. The lowest BCUT2D eigenvalue weighted by Crippen LogP contribution is -2.27. The van der Waals surface area contributed by atoms with Gasteiger partial charge in [0.25, 0.3) is 0 Å². The van der Waals surface area contributed by atoms with E-state index in [9.17, 15) is 8.42 Å². The Labute approximate surface area is 107 Å². The van der Waals surface area contributed by atoms with Crippen molar-refractivity contribution in [3.8, 4) is 0 Å². The maximum atomic E-state index is 12.0. The average Bonchev–Trinajstić information content (AvgIpc) is 2.38. The van der Waals surface area contributed by atoms with Crippen LogP contribution in [0.4, 0.5) is 5.69 Å². The molecule has 0 saturated carbocycles. The molecule has 0 aliphatic carbocycles. The summed E-state index contributed by atoms with van der Waals surface area (Å²) in [5, 5.41) is 0. The van der Waals surface area contributed by atoms with Gasteiger partial charge in [-0.25, -0.2) is 13.1 Å². The highest BCUT2D eigenvalue weighted by atomic mass is 32.2. The van der Waals surface area contributed by atoms with E-state index in [1.165, 1.54) is 18.5 Å². The lowest BCUT2D eigenvalue weighted by molar-refractivity contribution is 0.146. The molecule has 1 heterocycles. The van der Waals surface area contributed by atoms with Gasteiger partial charge < -0.3 is 10.2 Å². The SMILES string of the molecule is CCOCCCNS(=O)(=O)c1cnccc1NN. The largest absolute Gasteiger partial charge is 0.382 e. The Bertz CT molecular complexity index is 464. The van der Waals surface area contributed by atoms with Gasteiger partial charge in [-0.05, 0) is 19.4 Å². The van der Waals surface area contributed by atoms with Crippen LogP contribution in [0.5, 0.6) is 0 Å². The molecular weight excluding hydrogens is 256 g/mol. The molecule has 0 atom stereocenters. The maximum Gasteiger partial charge on any atom is 0.244 e. The molecule has 0 unspecified atom stereocenters. The number of anilines is 1. The maximum absolute atomic E-state index is 12.0. The molecule has 0 bridgehead atoms. The Morgan fingerprint density at radius 2 is 2.28 bits per heavy atom. The van der Waals surface area contributed by atoms with Crippen molar-refractivity contribution in [3.63, 3.8) is 0 Å². The monoisotopic (exact) mass is 274 g/mol. The fourth-order valence-electron chi connectivity index (χ4n) is 1.32. The summed E-state index contributed by atoms with van der Waals surface area (Å²) in [5.74, 6) is 5.25. The summed E-state index contributed by atoms with van der Waals surface area (Å²) >= 11 is 0. The van der Waals surface area contributed by atoms with Crippen molar-refractivity contribution in [3.05, 3.63) is 18.5 Å². The van der Waals surface area contributed by atoms with E-state index in [1.54, 1.807) is 0 Å². The molecule has 0 amide bonds. The smallest absolute Gasteiger partial charge is 0.244 e. The van der Waals surface area contributed by atoms with Crippen LogP contribution in [0.25, 0.3) is 0 Å². The predicted molar refractivity (Wildman–Crippen MR) is 68.3 cm³/mol. The summed E-state index contributed by atoms with van der Waals surface area (Å²) in [6.07, 6.45) is 3.32. The molecule has 0 aromatic carbocycles. The number of nitrogens with one attached hydrogen (secondary N) is 2. The van der Waals surface area contributed by atoms with E-state index < -0.39 is 10.0 Å². The minimum absolute atomic E-state index is 0.0314. The first-order valence-corrected chi connectivity index (χ1v) is 7.08. The topological polar surface area (TPSA) is 106 Å². The highest BCUT2D eigenvalue weighted by molar-refractivity contribution is 7.89. The Balaban J connectivity index is 2.63. The number of hydrogen-bond donors (Lipinski definition) is 3. The van der Waals surface area contributed by atoms with Crippen LogP contribution in [0.3, 0.4) is 0 Å². The predicted octanol–water partition coefficient (Wildman–Crippen LogP) is 0.0721. The van der Waals surface area contributed by atoms with Crippen LogP contribution in [0.15, 0.2) is 23.4 Å². The van der Waals surface area contributed by atoms with Gasteiger partial charge in [0.2, 0.25) is 10.0 Å². The summed E-state index contributed by atoms with van der Waals surface area (Å²) in [4.78, 5) is 3.81. The zero-order valence-corrected chi connectivity index (χ0v) is 11.0. The van der Waals surface area contributed by atoms with Crippen molar-refractivity contribution < 1.29 is 13.2 Å². The van der Waals surface area contributed by atoms with Crippen molar-refractivity contribution in [2.45, 2.75) is 18.2 Å². The molecule has 0 radical (unpaired) electrons. The number of sulfonamides is 1. The first-order valence-electron chi connectivity index (χ1n) is 5.60. The van der Waals surface area contributed by atoms with Gasteiger partial charge in [0.15, 0.2) is 0 Å². The summed E-state index contributed by atoms with van der Waals surface area (Å²) in [6, 6.07) is 1.49. The summed E-state index contributed by atoms with van der Waals surface area (Å²) in [5.41, 5.74) is 2.64. The number of hydrogen-bond acceptors (Lipinski definition) is 6. The van der Waals surface area contributed by atoms with Crippen LogP contribution < -0.4 is 16.0 Å². The molecule has 1 rings (SSSR count). The van der Waals surface area contributed by atoms with Crippen molar-refractivity contribution in [1.82, 2.24) is 9.71 Å². The Kier molecular flexibility index (Phi) is 5.99. The van der Waals surface area contributed by atoms with Crippen LogP contribution >= 0.6 is 0 Å². The first kappa shape index (κ1) is 14.8. The van der Waals surface area contributed by atoms with Crippen LogP contribution in [-0.2, 0) is 14.8 Å². The van der Waals surface area contributed by atoms with Crippen molar-refractivity contribution in [1.29, 1.82) is 0 Å². The van der Waals surface area contributed by atoms with Gasteiger partial charge in [-0.1, -0.05) is 0 Å². The van der Waals surface area contributed by atoms with Crippen LogP contribution in [0.2, 0.25) is 0 Å². The third-order valence-corrected chi connectivity index (χ3v) is 3.68. The first-order chi connectivity index (χ1) is 8.61. The molecule has 1 aromatic rings. The third-order valence-electron chi connectivity index (χ3n) is 2.19. The molecule has 18 heavy (non-hydrogen) atoms. The average molecular weight is 274 g/mol. The number of nitrogens with two attached hydrogens (primary N) is 1. The second-order valence-electron chi connectivity index (χ2n) is 3.46. The van der Waals surface area contributed by atoms with Gasteiger partial charge in [0.05, 0.1) is 5.69 Å². The molecule has 0 saturated heterocycles. The Morgan fingerprint density at radius 1 is 1.50 bits per heavy atom. The molecule has 0 fully saturated rings. The molecule has 1 aromatic heterocycles. The molecule has 4 N–H and O–H groups in total. The molecule has 8 heteroatoms. The number of rotatable bonds is 8. The second kappa shape index (κ2) is 7.27. The van der Waals surface area contributed by atoms with E-state index in [4.69, 9.17) is 10.6 Å². The number of nitrogen functional groups attached to an aromatic ring is 1. The van der Waals surface area contributed by atoms with Gasteiger partial charge >= 0.3 is 0 Å². The van der Waals surface area contributed by atoms with Crippen molar-refractivity contribution in [2.75, 3.05) is 25.2 Å². The highest BCUT2D eigenvalue weighted by Crippen LogP contribution is 2.17. The van der Waals surface area contributed by atoms with E-state index in [1.807, 2.05) is 6.92 Å². The number of aromatic nitrogens is 1. The third kappa shape index (κ3) is 4.22. The normalized spacial score (nSPS) is 11.4. The molecule has 0 aliphatic rings. The summed E-state index contributed by atoms with van der Waals surface area (Å²) < 4.78 is 31.5. The fourth-order valence-corrected chi connectivity index (χ4v) is 2.50. The molecule has 7 nitrogen and oxygen atoms in total. The summed E-state index contributed by atoms with van der Waals surface area (Å²) in [7, 11) is -3.60. The molecular formula is C10H18N4O3S. The van der Waals surface area contributed by atoms with Gasteiger partial charge in [-0.15, -0.1) is 0 Å². The lowest BCUT2D eigenvalue weighted by atomic mass is 10.4. The van der Waals surface area contributed by atoms with Gasteiger partial charge in [0, 0.05) is 32.2 Å². The fraction of sp³-hybridized carbons (Fsp3) is 0.500. The van der Waals surface area contributed by atoms with Gasteiger partial charge in [0.1, 0.15) is 4.90 Å². The minimum atomic E-state index is -3.60. The van der Waals surface area contributed by atoms with E-state index in [-0.39, 0.29) is 4.90 Å². The van der Waals surface area contributed by atoms with E-state index in [0.29, 0.717) is 31.9 Å². The minimum Gasteiger partial charge on any atom is -0.382 e. The van der Waals surface area contributed by atoms with Gasteiger partial charge in [-0.3, -0.25) is 10.8 Å².